The first kappa shape index (κ1) is 11.4. The molecule has 1 atom stereocenters. The van der Waals surface area contributed by atoms with Crippen LogP contribution in [0, 0.1) is 0 Å². The highest BCUT2D eigenvalue weighted by atomic mass is 127. The minimum atomic E-state index is -0.424. The molecule has 12 heavy (non-hydrogen) atoms. The molecular formula is C7H13I2NO2. The molecule has 1 rings (SSSR count). The van der Waals surface area contributed by atoms with Crippen molar-refractivity contribution in [3.8, 4) is 0 Å². The summed E-state index contributed by atoms with van der Waals surface area (Å²) in [4.78, 5) is 2.16. The van der Waals surface area contributed by atoms with Crippen LogP contribution in [0.3, 0.4) is 0 Å². The fourth-order valence-corrected chi connectivity index (χ4v) is 2.08. The lowest BCUT2D eigenvalue weighted by Gasteiger charge is -2.15. The molecule has 0 aromatic carbocycles. The normalized spacial score (nSPS) is 28.2. The first-order valence-corrected chi connectivity index (χ1v) is 6.00. The van der Waals surface area contributed by atoms with Crippen LogP contribution in [-0.2, 0) is 9.47 Å². The van der Waals surface area contributed by atoms with Crippen molar-refractivity contribution in [1.29, 1.82) is 0 Å². The largest absolute Gasteiger partial charge is 0.331 e. The summed E-state index contributed by atoms with van der Waals surface area (Å²) in [7, 11) is 4.13. The Hall–Kier alpha value is 1.34. The van der Waals surface area contributed by atoms with Crippen LogP contribution in [0.4, 0.5) is 0 Å². The zero-order chi connectivity index (χ0) is 9.19. The molecule has 0 aromatic rings. The van der Waals surface area contributed by atoms with Crippen LogP contribution in [-0.4, -0.2) is 40.1 Å². The molecule has 0 radical (unpaired) electrons. The number of rotatable bonds is 3. The monoisotopic (exact) mass is 397 g/mol. The molecule has 0 saturated carbocycles. The molecule has 0 aliphatic carbocycles. The Morgan fingerprint density at radius 2 is 2.17 bits per heavy atom. The highest BCUT2D eigenvalue weighted by Gasteiger charge is 2.35. The zero-order valence-corrected chi connectivity index (χ0v) is 11.5. The van der Waals surface area contributed by atoms with Crippen molar-refractivity contribution < 1.29 is 9.47 Å². The van der Waals surface area contributed by atoms with Crippen molar-refractivity contribution in [3.63, 3.8) is 0 Å². The van der Waals surface area contributed by atoms with Gasteiger partial charge in [0.1, 0.15) is 0 Å². The SMILES string of the molecule is CN(C)CC[C@H]1COC(I)(I)O1. The molecule has 1 fully saturated rings. The quantitative estimate of drug-likeness (QED) is 0.536. The summed E-state index contributed by atoms with van der Waals surface area (Å²) in [5.74, 6) is 0. The molecule has 0 spiro atoms. The number of hydrogen-bond acceptors (Lipinski definition) is 3. The summed E-state index contributed by atoms with van der Waals surface area (Å²) in [5, 5.41) is 0. The molecule has 5 heteroatoms. The summed E-state index contributed by atoms with van der Waals surface area (Å²) in [6, 6.07) is 0. The van der Waals surface area contributed by atoms with E-state index < -0.39 is 1.80 Å². The minimum absolute atomic E-state index is 0.265. The predicted octanol–water partition coefficient (Wildman–Crippen LogP) is 1.83. The number of ether oxygens (including phenoxy) is 2. The predicted molar refractivity (Wildman–Crippen MR) is 64.8 cm³/mol. The lowest BCUT2D eigenvalue weighted by Crippen LogP contribution is -2.21. The summed E-state index contributed by atoms with van der Waals surface area (Å²) in [6.07, 6.45) is 1.31. The highest BCUT2D eigenvalue weighted by molar-refractivity contribution is 14.2. The van der Waals surface area contributed by atoms with Crippen LogP contribution in [0.5, 0.6) is 0 Å². The van der Waals surface area contributed by atoms with E-state index in [-0.39, 0.29) is 6.10 Å². The Labute approximate surface area is 100 Å². The number of hydrogen-bond donors (Lipinski definition) is 0. The van der Waals surface area contributed by atoms with Gasteiger partial charge >= 0.3 is 0 Å². The van der Waals surface area contributed by atoms with Gasteiger partial charge < -0.3 is 14.4 Å². The molecule has 0 unspecified atom stereocenters. The minimum Gasteiger partial charge on any atom is -0.331 e. The molecule has 72 valence electrons. The Balaban J connectivity index is 2.20. The molecule has 1 heterocycles. The van der Waals surface area contributed by atoms with Gasteiger partial charge in [0.2, 0.25) is 0 Å². The molecule has 1 aliphatic heterocycles. The maximum absolute atomic E-state index is 5.62. The Morgan fingerprint density at radius 1 is 1.50 bits per heavy atom. The van der Waals surface area contributed by atoms with Gasteiger partial charge in [0.15, 0.2) is 0 Å². The maximum Gasteiger partial charge on any atom is 0.275 e. The Kier molecular flexibility index (Phi) is 4.49. The van der Waals surface area contributed by atoms with E-state index in [9.17, 15) is 0 Å². The van der Waals surface area contributed by atoms with Crippen molar-refractivity contribution in [2.75, 3.05) is 27.2 Å². The van der Waals surface area contributed by atoms with Crippen LogP contribution in [0.15, 0.2) is 0 Å². The third-order valence-corrected chi connectivity index (χ3v) is 2.77. The summed E-state index contributed by atoms with van der Waals surface area (Å²) >= 11 is 4.33. The molecular weight excluding hydrogens is 384 g/mol. The van der Waals surface area contributed by atoms with Gasteiger partial charge in [-0.15, -0.1) is 0 Å². The highest BCUT2D eigenvalue weighted by Crippen LogP contribution is 2.37. The topological polar surface area (TPSA) is 21.7 Å². The third-order valence-electron chi connectivity index (χ3n) is 1.64. The van der Waals surface area contributed by atoms with Gasteiger partial charge in [0, 0.05) is 51.7 Å². The average Bonchev–Trinajstić information content (AvgIpc) is 2.26. The first-order valence-electron chi connectivity index (χ1n) is 3.84. The van der Waals surface area contributed by atoms with Gasteiger partial charge in [-0.05, 0) is 20.5 Å². The second-order valence-corrected chi connectivity index (χ2v) is 8.01. The average molecular weight is 397 g/mol. The van der Waals surface area contributed by atoms with E-state index in [2.05, 4.69) is 64.2 Å². The van der Waals surface area contributed by atoms with E-state index in [0.29, 0.717) is 0 Å². The number of alkyl halides is 2. The van der Waals surface area contributed by atoms with Crippen molar-refractivity contribution in [2.24, 2.45) is 0 Å². The van der Waals surface area contributed by atoms with Crippen molar-refractivity contribution in [1.82, 2.24) is 4.90 Å². The van der Waals surface area contributed by atoms with E-state index in [1.54, 1.807) is 0 Å². The van der Waals surface area contributed by atoms with Crippen LogP contribution in [0.2, 0.25) is 0 Å². The van der Waals surface area contributed by atoms with E-state index in [0.717, 1.165) is 19.6 Å². The molecule has 1 saturated heterocycles. The van der Waals surface area contributed by atoms with Gasteiger partial charge in [0.05, 0.1) is 12.7 Å². The lowest BCUT2D eigenvalue weighted by atomic mass is 10.2. The van der Waals surface area contributed by atoms with Crippen LogP contribution >= 0.6 is 45.2 Å². The summed E-state index contributed by atoms with van der Waals surface area (Å²) in [5.41, 5.74) is 0. The van der Waals surface area contributed by atoms with Gasteiger partial charge in [-0.1, -0.05) is 0 Å². The molecule has 1 aliphatic rings. The molecule has 3 nitrogen and oxygen atoms in total. The second kappa shape index (κ2) is 4.72. The van der Waals surface area contributed by atoms with Crippen molar-refractivity contribution in [2.45, 2.75) is 14.3 Å². The van der Waals surface area contributed by atoms with Crippen LogP contribution < -0.4 is 0 Å². The molecule has 0 bridgehead atoms. The van der Waals surface area contributed by atoms with E-state index in [1.165, 1.54) is 0 Å². The standard InChI is InChI=1S/C7H13I2NO2/c1-10(2)4-3-6-5-11-7(8,9)12-6/h6H,3-5H2,1-2H3/t6-/m0/s1. The fraction of sp³-hybridized carbons (Fsp3) is 1.00. The van der Waals surface area contributed by atoms with Gasteiger partial charge in [-0.3, -0.25) is 0 Å². The van der Waals surface area contributed by atoms with E-state index >= 15 is 0 Å². The summed E-state index contributed by atoms with van der Waals surface area (Å²) < 4.78 is 10.6. The second-order valence-electron chi connectivity index (χ2n) is 3.11. The third kappa shape index (κ3) is 4.03. The van der Waals surface area contributed by atoms with Gasteiger partial charge in [0.25, 0.3) is 1.80 Å². The Morgan fingerprint density at radius 3 is 2.58 bits per heavy atom. The van der Waals surface area contributed by atoms with Gasteiger partial charge in [-0.25, -0.2) is 0 Å². The van der Waals surface area contributed by atoms with Crippen LogP contribution in [0.25, 0.3) is 0 Å². The van der Waals surface area contributed by atoms with Gasteiger partial charge in [-0.2, -0.15) is 0 Å². The molecule has 0 amide bonds. The zero-order valence-electron chi connectivity index (χ0n) is 7.22. The molecule has 0 aromatic heterocycles. The van der Waals surface area contributed by atoms with E-state index in [1.807, 2.05) is 0 Å². The van der Waals surface area contributed by atoms with Crippen LogP contribution in [0.1, 0.15) is 6.42 Å². The lowest BCUT2D eigenvalue weighted by molar-refractivity contribution is 0.0110. The van der Waals surface area contributed by atoms with Crippen molar-refractivity contribution in [3.05, 3.63) is 0 Å². The fourth-order valence-electron chi connectivity index (χ4n) is 0.996. The molecule has 0 N–H and O–H groups in total. The number of nitrogens with zero attached hydrogens (tertiary/aromatic N) is 1. The smallest absolute Gasteiger partial charge is 0.275 e. The Bertz CT molecular complexity index is 152. The number of halogens is 2. The van der Waals surface area contributed by atoms with E-state index in [4.69, 9.17) is 9.47 Å². The van der Waals surface area contributed by atoms with Crippen molar-refractivity contribution >= 4 is 45.2 Å². The first-order chi connectivity index (χ1) is 5.49. The maximum atomic E-state index is 5.62. The summed E-state index contributed by atoms with van der Waals surface area (Å²) in [6.45, 7) is 1.77.